The summed E-state index contributed by atoms with van der Waals surface area (Å²) in [6, 6.07) is 5.86. The van der Waals surface area contributed by atoms with Gasteiger partial charge in [0.1, 0.15) is 5.82 Å². The van der Waals surface area contributed by atoms with Crippen molar-refractivity contribution >= 4 is 22.6 Å². The number of rotatable bonds is 6. The van der Waals surface area contributed by atoms with Crippen molar-refractivity contribution < 1.29 is 4.79 Å². The maximum atomic E-state index is 11.8. The van der Waals surface area contributed by atoms with Gasteiger partial charge < -0.3 is 15.6 Å². The van der Waals surface area contributed by atoms with Crippen LogP contribution in [0, 0.1) is 0 Å². The molecule has 1 aliphatic rings. The van der Waals surface area contributed by atoms with Gasteiger partial charge in [-0.25, -0.2) is 4.98 Å². The molecule has 1 amide bonds. The summed E-state index contributed by atoms with van der Waals surface area (Å²) in [6.07, 6.45) is 5.15. The van der Waals surface area contributed by atoms with E-state index in [1.807, 2.05) is 25.2 Å². The predicted molar refractivity (Wildman–Crippen MR) is 84.5 cm³/mol. The normalized spacial score (nSPS) is 15.1. The Morgan fingerprint density at radius 2 is 2.29 bits per heavy atom. The van der Waals surface area contributed by atoms with Crippen molar-refractivity contribution in [1.82, 2.24) is 15.3 Å². The highest BCUT2D eigenvalue weighted by Crippen LogP contribution is 2.35. The van der Waals surface area contributed by atoms with Gasteiger partial charge in [0.25, 0.3) is 0 Å². The summed E-state index contributed by atoms with van der Waals surface area (Å²) in [7, 11) is 1.89. The molecular formula is C16H22N4O. The number of imidazole rings is 1. The van der Waals surface area contributed by atoms with Crippen molar-refractivity contribution in [3.63, 3.8) is 0 Å². The van der Waals surface area contributed by atoms with Gasteiger partial charge in [-0.1, -0.05) is 6.42 Å². The molecule has 112 valence electrons. The fourth-order valence-corrected chi connectivity index (χ4v) is 2.63. The summed E-state index contributed by atoms with van der Waals surface area (Å²) >= 11 is 0. The average Bonchev–Trinajstić information content (AvgIpc) is 2.79. The number of aromatic amines is 1. The van der Waals surface area contributed by atoms with Gasteiger partial charge in [-0.3, -0.25) is 4.79 Å². The molecule has 2 aromatic rings. The number of anilines is 1. The standard InChI is InChI=1S/C16H22N4O/c1-17-9-3-6-15(21)18-12-7-8-13-14(10-12)20-16(19-13)11-4-2-5-11/h7-8,10-11,17H,2-6,9H2,1H3,(H,18,21)(H,19,20). The molecule has 0 spiro atoms. The second kappa shape index (κ2) is 6.26. The largest absolute Gasteiger partial charge is 0.342 e. The van der Waals surface area contributed by atoms with Crippen LogP contribution in [0.3, 0.4) is 0 Å². The Kier molecular flexibility index (Phi) is 4.20. The predicted octanol–water partition coefficient (Wildman–Crippen LogP) is 2.77. The third-order valence-corrected chi connectivity index (χ3v) is 4.11. The lowest BCUT2D eigenvalue weighted by molar-refractivity contribution is -0.116. The topological polar surface area (TPSA) is 69.8 Å². The van der Waals surface area contributed by atoms with E-state index in [-0.39, 0.29) is 5.91 Å². The molecule has 0 bridgehead atoms. The Labute approximate surface area is 124 Å². The minimum atomic E-state index is 0.0586. The van der Waals surface area contributed by atoms with Crippen molar-refractivity contribution in [1.29, 1.82) is 0 Å². The Hall–Kier alpha value is -1.88. The minimum absolute atomic E-state index is 0.0586. The van der Waals surface area contributed by atoms with Crippen molar-refractivity contribution in [2.75, 3.05) is 18.9 Å². The number of H-pyrrole nitrogens is 1. The summed E-state index contributed by atoms with van der Waals surface area (Å²) < 4.78 is 0. The van der Waals surface area contributed by atoms with Crippen LogP contribution in [0.5, 0.6) is 0 Å². The zero-order valence-corrected chi connectivity index (χ0v) is 12.4. The summed E-state index contributed by atoms with van der Waals surface area (Å²) in [4.78, 5) is 19.9. The van der Waals surface area contributed by atoms with Crippen LogP contribution in [0.1, 0.15) is 43.8 Å². The number of benzene rings is 1. The molecule has 5 nitrogen and oxygen atoms in total. The van der Waals surface area contributed by atoms with Gasteiger partial charge in [0, 0.05) is 18.0 Å². The van der Waals surface area contributed by atoms with Crippen LogP contribution < -0.4 is 10.6 Å². The quantitative estimate of drug-likeness (QED) is 0.715. The number of nitrogens with one attached hydrogen (secondary N) is 3. The Balaban J connectivity index is 1.67. The third kappa shape index (κ3) is 3.24. The van der Waals surface area contributed by atoms with E-state index in [1.54, 1.807) is 0 Å². The minimum Gasteiger partial charge on any atom is -0.342 e. The summed E-state index contributed by atoms with van der Waals surface area (Å²) in [5.41, 5.74) is 2.82. The molecule has 0 atom stereocenters. The highest BCUT2D eigenvalue weighted by molar-refractivity contribution is 5.93. The van der Waals surface area contributed by atoms with E-state index in [2.05, 4.69) is 20.6 Å². The van der Waals surface area contributed by atoms with Crippen LogP contribution in [-0.4, -0.2) is 29.5 Å². The second-order valence-electron chi connectivity index (χ2n) is 5.74. The second-order valence-corrected chi connectivity index (χ2v) is 5.74. The number of hydrogen-bond donors (Lipinski definition) is 3. The molecule has 0 unspecified atom stereocenters. The molecule has 1 aromatic heterocycles. The fourth-order valence-electron chi connectivity index (χ4n) is 2.63. The van der Waals surface area contributed by atoms with Crippen molar-refractivity contribution in [2.24, 2.45) is 0 Å². The van der Waals surface area contributed by atoms with E-state index in [0.29, 0.717) is 12.3 Å². The Morgan fingerprint density at radius 3 is 3.00 bits per heavy atom. The van der Waals surface area contributed by atoms with E-state index in [4.69, 9.17) is 0 Å². The maximum Gasteiger partial charge on any atom is 0.224 e. The first-order valence-electron chi connectivity index (χ1n) is 7.70. The average molecular weight is 286 g/mol. The number of nitrogens with zero attached hydrogens (tertiary/aromatic N) is 1. The highest BCUT2D eigenvalue weighted by Gasteiger charge is 2.22. The molecular weight excluding hydrogens is 264 g/mol. The first-order valence-corrected chi connectivity index (χ1v) is 7.70. The van der Waals surface area contributed by atoms with E-state index < -0.39 is 0 Å². The van der Waals surface area contributed by atoms with Crippen LogP contribution in [-0.2, 0) is 4.79 Å². The smallest absolute Gasteiger partial charge is 0.224 e. The summed E-state index contributed by atoms with van der Waals surface area (Å²) in [5, 5.41) is 5.99. The number of hydrogen-bond acceptors (Lipinski definition) is 3. The molecule has 0 saturated heterocycles. The first-order chi connectivity index (χ1) is 10.3. The van der Waals surface area contributed by atoms with Gasteiger partial charge in [0.2, 0.25) is 5.91 Å². The highest BCUT2D eigenvalue weighted by atomic mass is 16.1. The van der Waals surface area contributed by atoms with Gasteiger partial charge in [0.15, 0.2) is 0 Å². The van der Waals surface area contributed by atoms with Crippen molar-refractivity contribution in [3.05, 3.63) is 24.0 Å². The first kappa shape index (κ1) is 14.1. The number of carbonyl (C=O) groups excluding carboxylic acids is 1. The fraction of sp³-hybridized carbons (Fsp3) is 0.500. The van der Waals surface area contributed by atoms with Crippen molar-refractivity contribution in [2.45, 2.75) is 38.0 Å². The molecule has 0 radical (unpaired) electrons. The summed E-state index contributed by atoms with van der Waals surface area (Å²) in [5.74, 6) is 1.74. The Bertz CT molecular complexity index is 630. The van der Waals surface area contributed by atoms with E-state index in [9.17, 15) is 4.79 Å². The number of carbonyl (C=O) groups is 1. The number of aromatic nitrogens is 2. The molecule has 1 aromatic carbocycles. The molecule has 1 saturated carbocycles. The van der Waals surface area contributed by atoms with E-state index in [0.717, 1.165) is 35.5 Å². The molecule has 21 heavy (non-hydrogen) atoms. The Morgan fingerprint density at radius 1 is 1.43 bits per heavy atom. The molecule has 3 rings (SSSR count). The number of fused-ring (bicyclic) bond motifs is 1. The van der Waals surface area contributed by atoms with Crippen LogP contribution in [0.15, 0.2) is 18.2 Å². The molecule has 5 heteroatoms. The van der Waals surface area contributed by atoms with Gasteiger partial charge in [-0.2, -0.15) is 0 Å². The lowest BCUT2D eigenvalue weighted by Gasteiger charge is -2.22. The van der Waals surface area contributed by atoms with Gasteiger partial charge in [-0.15, -0.1) is 0 Å². The molecule has 1 aliphatic carbocycles. The lowest BCUT2D eigenvalue weighted by Crippen LogP contribution is -2.15. The van der Waals surface area contributed by atoms with Crippen LogP contribution in [0.2, 0.25) is 0 Å². The van der Waals surface area contributed by atoms with E-state index >= 15 is 0 Å². The number of amides is 1. The van der Waals surface area contributed by atoms with Crippen LogP contribution in [0.4, 0.5) is 5.69 Å². The molecule has 1 fully saturated rings. The maximum absolute atomic E-state index is 11.8. The van der Waals surface area contributed by atoms with E-state index in [1.165, 1.54) is 19.3 Å². The van der Waals surface area contributed by atoms with Gasteiger partial charge >= 0.3 is 0 Å². The third-order valence-electron chi connectivity index (χ3n) is 4.11. The molecule has 1 heterocycles. The molecule has 0 aliphatic heterocycles. The monoisotopic (exact) mass is 286 g/mol. The van der Waals surface area contributed by atoms with Crippen LogP contribution in [0.25, 0.3) is 11.0 Å². The molecule has 3 N–H and O–H groups in total. The zero-order chi connectivity index (χ0) is 14.7. The zero-order valence-electron chi connectivity index (χ0n) is 12.4. The lowest BCUT2D eigenvalue weighted by atomic mass is 9.85. The van der Waals surface area contributed by atoms with Crippen LogP contribution >= 0.6 is 0 Å². The van der Waals surface area contributed by atoms with Gasteiger partial charge in [0.05, 0.1) is 11.0 Å². The summed E-state index contributed by atoms with van der Waals surface area (Å²) in [6.45, 7) is 0.859. The van der Waals surface area contributed by atoms with Crippen molar-refractivity contribution in [3.8, 4) is 0 Å². The van der Waals surface area contributed by atoms with Gasteiger partial charge in [-0.05, 0) is 51.1 Å². The SMILES string of the molecule is CNCCCC(=O)Nc1ccc2nc(C3CCC3)[nH]c2c1.